The van der Waals surface area contributed by atoms with Gasteiger partial charge in [-0.2, -0.15) is 0 Å². The van der Waals surface area contributed by atoms with Gasteiger partial charge < -0.3 is 19.9 Å². The van der Waals surface area contributed by atoms with Gasteiger partial charge in [0.15, 0.2) is 0 Å². The zero-order valence-electron chi connectivity index (χ0n) is 16.0. The molecule has 1 aromatic rings. The number of hydrogen-bond acceptors (Lipinski definition) is 6. The topological polar surface area (TPSA) is 70.6 Å². The van der Waals surface area contributed by atoms with E-state index in [0.29, 0.717) is 12.6 Å². The van der Waals surface area contributed by atoms with E-state index in [1.54, 1.807) is 4.90 Å². The van der Waals surface area contributed by atoms with Crippen LogP contribution in [0, 0.1) is 6.92 Å². The van der Waals surface area contributed by atoms with E-state index < -0.39 is 0 Å². The lowest BCUT2D eigenvalue weighted by Gasteiger charge is -2.32. The van der Waals surface area contributed by atoms with Crippen LogP contribution in [-0.2, 0) is 4.74 Å². The van der Waals surface area contributed by atoms with Crippen LogP contribution in [0.2, 0.25) is 0 Å². The van der Waals surface area contributed by atoms with Crippen molar-refractivity contribution in [1.82, 2.24) is 14.9 Å². The smallest absolute Gasteiger partial charge is 0.409 e. The highest BCUT2D eigenvalue weighted by Crippen LogP contribution is 2.22. The summed E-state index contributed by atoms with van der Waals surface area (Å²) in [5.41, 5.74) is 0. The molecule has 3 heterocycles. The van der Waals surface area contributed by atoms with Crippen molar-refractivity contribution in [3.05, 3.63) is 11.9 Å². The van der Waals surface area contributed by atoms with Crippen LogP contribution in [0.5, 0.6) is 0 Å². The number of nitrogens with one attached hydrogen (secondary N) is 1. The van der Waals surface area contributed by atoms with E-state index in [4.69, 9.17) is 4.74 Å². The van der Waals surface area contributed by atoms with Gasteiger partial charge in [0, 0.05) is 38.3 Å². The second-order valence-electron chi connectivity index (χ2n) is 7.16. The van der Waals surface area contributed by atoms with Crippen molar-refractivity contribution in [1.29, 1.82) is 0 Å². The molecule has 26 heavy (non-hydrogen) atoms. The van der Waals surface area contributed by atoms with Gasteiger partial charge in [0.1, 0.15) is 17.5 Å². The second-order valence-corrected chi connectivity index (χ2v) is 7.16. The van der Waals surface area contributed by atoms with Crippen LogP contribution >= 0.6 is 0 Å². The Balaban J connectivity index is 1.59. The van der Waals surface area contributed by atoms with Crippen molar-refractivity contribution in [2.75, 3.05) is 43.0 Å². The molecule has 1 amide bonds. The Labute approximate surface area is 156 Å². The Morgan fingerprint density at radius 3 is 2.50 bits per heavy atom. The molecule has 0 unspecified atom stereocenters. The molecule has 7 nitrogen and oxygen atoms in total. The lowest BCUT2D eigenvalue weighted by molar-refractivity contribution is 0.0983. The Hall–Kier alpha value is -2.05. The standard InChI is InChI=1S/C19H31N5O2/c1-3-26-19(25)24-12-8-16(9-13-24)22-17-14-18(21-15(2)20-17)23-10-6-4-5-7-11-23/h14,16H,3-13H2,1-2H3,(H,20,21,22). The number of carbonyl (C=O) groups is 1. The van der Waals surface area contributed by atoms with Crippen molar-refractivity contribution in [3.8, 4) is 0 Å². The molecule has 1 aromatic heterocycles. The van der Waals surface area contributed by atoms with Crippen LogP contribution in [0.3, 0.4) is 0 Å². The van der Waals surface area contributed by atoms with Crippen LogP contribution in [-0.4, -0.2) is 59.8 Å². The summed E-state index contributed by atoms with van der Waals surface area (Å²) in [5.74, 6) is 2.73. The quantitative estimate of drug-likeness (QED) is 0.888. The van der Waals surface area contributed by atoms with E-state index >= 15 is 0 Å². The number of ether oxygens (including phenoxy) is 1. The average molecular weight is 361 g/mol. The lowest BCUT2D eigenvalue weighted by Crippen LogP contribution is -2.42. The molecule has 0 spiro atoms. The fourth-order valence-corrected chi connectivity index (χ4v) is 3.72. The molecule has 144 valence electrons. The third-order valence-corrected chi connectivity index (χ3v) is 5.13. The highest BCUT2D eigenvalue weighted by Gasteiger charge is 2.24. The molecule has 0 atom stereocenters. The number of carbonyl (C=O) groups excluding carboxylic acids is 1. The van der Waals surface area contributed by atoms with Gasteiger partial charge in [-0.25, -0.2) is 14.8 Å². The predicted octanol–water partition coefficient (Wildman–Crippen LogP) is 3.20. The first-order valence-electron chi connectivity index (χ1n) is 9.94. The maximum atomic E-state index is 11.8. The van der Waals surface area contributed by atoms with Crippen molar-refractivity contribution in [3.63, 3.8) is 0 Å². The van der Waals surface area contributed by atoms with E-state index in [1.807, 2.05) is 13.8 Å². The first-order chi connectivity index (χ1) is 12.7. The number of aromatic nitrogens is 2. The molecule has 2 aliphatic rings. The molecular formula is C19H31N5O2. The second kappa shape index (κ2) is 9.05. The Morgan fingerprint density at radius 1 is 1.15 bits per heavy atom. The zero-order valence-corrected chi connectivity index (χ0v) is 16.0. The van der Waals surface area contributed by atoms with Gasteiger partial charge in [-0.1, -0.05) is 12.8 Å². The number of piperidine rings is 1. The molecular weight excluding hydrogens is 330 g/mol. The third kappa shape index (κ3) is 4.99. The van der Waals surface area contributed by atoms with E-state index in [0.717, 1.165) is 56.5 Å². The van der Waals surface area contributed by atoms with E-state index in [9.17, 15) is 4.79 Å². The Kier molecular flexibility index (Phi) is 6.52. The van der Waals surface area contributed by atoms with E-state index in [2.05, 4.69) is 26.3 Å². The largest absolute Gasteiger partial charge is 0.450 e. The van der Waals surface area contributed by atoms with Crippen molar-refractivity contribution in [2.24, 2.45) is 0 Å². The van der Waals surface area contributed by atoms with E-state index in [1.165, 1.54) is 25.7 Å². The molecule has 2 aliphatic heterocycles. The van der Waals surface area contributed by atoms with Gasteiger partial charge in [0.05, 0.1) is 6.61 Å². The fraction of sp³-hybridized carbons (Fsp3) is 0.737. The van der Waals surface area contributed by atoms with Crippen LogP contribution in [0.4, 0.5) is 16.4 Å². The van der Waals surface area contributed by atoms with Crippen molar-refractivity contribution < 1.29 is 9.53 Å². The summed E-state index contributed by atoms with van der Waals surface area (Å²) < 4.78 is 5.08. The van der Waals surface area contributed by atoms with E-state index in [-0.39, 0.29) is 6.09 Å². The third-order valence-electron chi connectivity index (χ3n) is 5.13. The number of nitrogens with zero attached hydrogens (tertiary/aromatic N) is 4. The number of hydrogen-bond donors (Lipinski definition) is 1. The number of likely N-dealkylation sites (tertiary alicyclic amines) is 1. The molecule has 7 heteroatoms. The van der Waals surface area contributed by atoms with Crippen molar-refractivity contribution >= 4 is 17.7 Å². The lowest BCUT2D eigenvalue weighted by atomic mass is 10.1. The number of rotatable bonds is 4. The average Bonchev–Trinajstić information content (AvgIpc) is 2.91. The van der Waals surface area contributed by atoms with Crippen molar-refractivity contribution in [2.45, 2.75) is 58.4 Å². The summed E-state index contributed by atoms with van der Waals surface area (Å²) in [6.45, 7) is 7.82. The first-order valence-corrected chi connectivity index (χ1v) is 9.94. The monoisotopic (exact) mass is 361 g/mol. The van der Waals surface area contributed by atoms with Gasteiger partial charge in [0.2, 0.25) is 0 Å². The molecule has 1 N–H and O–H groups in total. The zero-order chi connectivity index (χ0) is 18.4. The summed E-state index contributed by atoms with van der Waals surface area (Å²) in [5, 5.41) is 3.55. The highest BCUT2D eigenvalue weighted by molar-refractivity contribution is 5.67. The highest BCUT2D eigenvalue weighted by atomic mass is 16.6. The summed E-state index contributed by atoms with van der Waals surface area (Å²) in [6.07, 6.45) is 6.69. The Bertz CT molecular complexity index is 594. The first kappa shape index (κ1) is 18.7. The van der Waals surface area contributed by atoms with Crippen LogP contribution in [0.1, 0.15) is 51.3 Å². The summed E-state index contributed by atoms with van der Waals surface area (Å²) in [6, 6.07) is 2.41. The van der Waals surface area contributed by atoms with Crippen LogP contribution in [0.25, 0.3) is 0 Å². The van der Waals surface area contributed by atoms with Crippen LogP contribution in [0.15, 0.2) is 6.07 Å². The van der Waals surface area contributed by atoms with Gasteiger partial charge in [-0.05, 0) is 39.5 Å². The molecule has 3 rings (SSSR count). The minimum Gasteiger partial charge on any atom is -0.450 e. The number of aryl methyl sites for hydroxylation is 1. The molecule has 0 aliphatic carbocycles. The van der Waals surface area contributed by atoms with Gasteiger partial charge in [0.25, 0.3) is 0 Å². The molecule has 2 fully saturated rings. The minimum atomic E-state index is -0.202. The fourth-order valence-electron chi connectivity index (χ4n) is 3.72. The van der Waals surface area contributed by atoms with Crippen LogP contribution < -0.4 is 10.2 Å². The number of amides is 1. The maximum absolute atomic E-state index is 11.8. The Morgan fingerprint density at radius 2 is 1.85 bits per heavy atom. The summed E-state index contributed by atoms with van der Waals surface area (Å²) >= 11 is 0. The molecule has 0 bridgehead atoms. The molecule has 2 saturated heterocycles. The minimum absolute atomic E-state index is 0.202. The van der Waals surface area contributed by atoms with Gasteiger partial charge in [-0.3, -0.25) is 0 Å². The molecule has 0 aromatic carbocycles. The normalized spacial score (nSPS) is 19.2. The maximum Gasteiger partial charge on any atom is 0.409 e. The number of anilines is 2. The van der Waals surface area contributed by atoms with Gasteiger partial charge in [-0.15, -0.1) is 0 Å². The molecule has 0 saturated carbocycles. The molecule has 0 radical (unpaired) electrons. The van der Waals surface area contributed by atoms with Gasteiger partial charge >= 0.3 is 6.09 Å². The SMILES string of the molecule is CCOC(=O)N1CCC(Nc2cc(N3CCCCCC3)nc(C)n2)CC1. The summed E-state index contributed by atoms with van der Waals surface area (Å²) in [4.78, 5) is 25.2. The summed E-state index contributed by atoms with van der Waals surface area (Å²) in [7, 11) is 0. The predicted molar refractivity (Wildman–Crippen MR) is 103 cm³/mol.